The van der Waals surface area contributed by atoms with E-state index in [1.165, 1.54) is 19.2 Å². The highest BCUT2D eigenvalue weighted by Crippen LogP contribution is 2.41. The highest BCUT2D eigenvalue weighted by molar-refractivity contribution is 7.89. The van der Waals surface area contributed by atoms with Crippen molar-refractivity contribution < 1.29 is 27.8 Å². The molecule has 2 unspecified atom stereocenters. The largest absolute Gasteiger partial charge is 0.480 e. The third-order valence-corrected chi connectivity index (χ3v) is 7.57. The zero-order chi connectivity index (χ0) is 23.6. The van der Waals surface area contributed by atoms with Gasteiger partial charge < -0.3 is 14.6 Å². The molecule has 0 aliphatic carbocycles. The Morgan fingerprint density at radius 2 is 1.82 bits per heavy atom. The molecule has 3 aromatic carbocycles. The Bertz CT molecular complexity index is 1240. The second-order valence-corrected chi connectivity index (χ2v) is 10.1. The fraction of sp³-hybridized carbons (Fsp3) is 0.320. The van der Waals surface area contributed by atoms with Crippen molar-refractivity contribution in [3.05, 3.63) is 77.9 Å². The van der Waals surface area contributed by atoms with Crippen molar-refractivity contribution in [2.24, 2.45) is 5.92 Å². The summed E-state index contributed by atoms with van der Waals surface area (Å²) < 4.78 is 39.9. The number of carboxylic acid groups (broad SMARTS) is 1. The molecule has 0 spiro atoms. The second-order valence-electron chi connectivity index (χ2n) is 8.34. The zero-order valence-corrected chi connectivity index (χ0v) is 19.3. The van der Waals surface area contributed by atoms with E-state index in [9.17, 15) is 18.3 Å². The molecule has 0 bridgehead atoms. The van der Waals surface area contributed by atoms with Crippen LogP contribution in [0.1, 0.15) is 23.7 Å². The summed E-state index contributed by atoms with van der Waals surface area (Å²) in [4.78, 5) is 12.3. The van der Waals surface area contributed by atoms with E-state index in [2.05, 4.69) is 4.72 Å². The molecule has 1 saturated heterocycles. The predicted octanol–water partition coefficient (Wildman–Crippen LogP) is 3.67. The lowest BCUT2D eigenvalue weighted by atomic mass is 9.89. The Morgan fingerprint density at radius 3 is 2.52 bits per heavy atom. The molecule has 4 atom stereocenters. The molecule has 0 aromatic heterocycles. The van der Waals surface area contributed by atoms with Crippen LogP contribution >= 0.6 is 0 Å². The Balaban J connectivity index is 1.65. The Hall–Kier alpha value is -2.78. The monoisotopic (exact) mass is 469 g/mol. The molecule has 1 aliphatic heterocycles. The third kappa shape index (κ3) is 4.94. The van der Waals surface area contributed by atoms with Gasteiger partial charge in [-0.3, -0.25) is 4.79 Å². The van der Waals surface area contributed by atoms with Gasteiger partial charge in [0.2, 0.25) is 10.0 Å². The van der Waals surface area contributed by atoms with Gasteiger partial charge in [0.05, 0.1) is 23.7 Å². The van der Waals surface area contributed by atoms with E-state index in [1.54, 1.807) is 12.1 Å². The van der Waals surface area contributed by atoms with E-state index in [0.717, 1.165) is 21.9 Å². The Kier molecular flexibility index (Phi) is 6.81. The maximum absolute atomic E-state index is 13.0. The number of nitrogens with one attached hydrogen (secondary N) is 1. The summed E-state index contributed by atoms with van der Waals surface area (Å²) in [6.45, 7) is 2.00. The summed E-state index contributed by atoms with van der Waals surface area (Å²) in [6, 6.07) is 18.7. The SMILES string of the molecule is COC[C@H]1OC(c2cccc3ccccc23)C[C@@H]1C(NS(=O)(=O)c1ccc(C)cc1)C(=O)O. The van der Waals surface area contributed by atoms with Crippen LogP contribution in [-0.2, 0) is 24.3 Å². The molecular weight excluding hydrogens is 442 g/mol. The molecule has 0 amide bonds. The minimum atomic E-state index is -4.04. The molecule has 0 radical (unpaired) electrons. The molecule has 0 saturated carbocycles. The summed E-state index contributed by atoms with van der Waals surface area (Å²) in [5.41, 5.74) is 1.85. The maximum atomic E-state index is 13.0. The molecule has 1 heterocycles. The first kappa shape index (κ1) is 23.4. The fourth-order valence-corrected chi connectivity index (χ4v) is 5.69. The van der Waals surface area contributed by atoms with Gasteiger partial charge in [-0.25, -0.2) is 8.42 Å². The van der Waals surface area contributed by atoms with E-state index in [0.29, 0.717) is 6.42 Å². The summed E-state index contributed by atoms with van der Waals surface area (Å²) in [5.74, 6) is -1.87. The number of sulfonamides is 1. The van der Waals surface area contributed by atoms with Gasteiger partial charge in [0.1, 0.15) is 6.04 Å². The molecule has 4 rings (SSSR count). The quantitative estimate of drug-likeness (QED) is 0.522. The molecule has 8 heteroatoms. The van der Waals surface area contributed by atoms with Gasteiger partial charge in [0.15, 0.2) is 0 Å². The lowest BCUT2D eigenvalue weighted by Crippen LogP contribution is -2.49. The maximum Gasteiger partial charge on any atom is 0.322 e. The number of fused-ring (bicyclic) bond motifs is 1. The van der Waals surface area contributed by atoms with Crippen molar-refractivity contribution in [2.45, 2.75) is 36.5 Å². The van der Waals surface area contributed by atoms with Gasteiger partial charge in [-0.15, -0.1) is 0 Å². The van der Waals surface area contributed by atoms with E-state index < -0.39 is 34.1 Å². The normalized spacial score (nSPS) is 21.8. The van der Waals surface area contributed by atoms with Gasteiger partial charge >= 0.3 is 5.97 Å². The summed E-state index contributed by atoms with van der Waals surface area (Å²) in [5, 5.41) is 12.1. The van der Waals surface area contributed by atoms with Crippen molar-refractivity contribution in [3.63, 3.8) is 0 Å². The number of carbonyl (C=O) groups is 1. The van der Waals surface area contributed by atoms with Crippen LogP contribution in [0.15, 0.2) is 71.6 Å². The molecule has 33 heavy (non-hydrogen) atoms. The average Bonchev–Trinajstić information content (AvgIpc) is 3.21. The van der Waals surface area contributed by atoms with E-state index in [4.69, 9.17) is 9.47 Å². The van der Waals surface area contributed by atoms with Gasteiger partial charge in [-0.2, -0.15) is 4.72 Å². The lowest BCUT2D eigenvalue weighted by molar-refractivity contribution is -0.141. The van der Waals surface area contributed by atoms with Gasteiger partial charge in [-0.05, 0) is 41.8 Å². The van der Waals surface area contributed by atoms with Crippen LogP contribution in [0.3, 0.4) is 0 Å². The number of methoxy groups -OCH3 is 1. The number of aryl methyl sites for hydroxylation is 1. The molecule has 7 nitrogen and oxygen atoms in total. The van der Waals surface area contributed by atoms with Crippen molar-refractivity contribution in [3.8, 4) is 0 Å². The Labute approximate surface area is 193 Å². The fourth-order valence-electron chi connectivity index (χ4n) is 4.45. The van der Waals surface area contributed by atoms with Gasteiger partial charge in [0, 0.05) is 13.0 Å². The van der Waals surface area contributed by atoms with Crippen LogP contribution in [-0.4, -0.2) is 45.4 Å². The number of benzene rings is 3. The van der Waals surface area contributed by atoms with Crippen LogP contribution < -0.4 is 4.72 Å². The molecular formula is C25H27NO6S. The zero-order valence-electron chi connectivity index (χ0n) is 18.5. The van der Waals surface area contributed by atoms with Crippen molar-refractivity contribution in [1.82, 2.24) is 4.72 Å². The number of rotatable bonds is 8. The van der Waals surface area contributed by atoms with Crippen LogP contribution in [0.4, 0.5) is 0 Å². The first-order valence-corrected chi connectivity index (χ1v) is 12.2. The highest BCUT2D eigenvalue weighted by atomic mass is 32.2. The summed E-state index contributed by atoms with van der Waals surface area (Å²) in [6.07, 6.45) is -0.622. The number of aliphatic carboxylic acids is 1. The van der Waals surface area contributed by atoms with Crippen molar-refractivity contribution >= 4 is 26.8 Å². The van der Waals surface area contributed by atoms with E-state index in [-0.39, 0.29) is 17.6 Å². The molecule has 2 N–H and O–H groups in total. The second kappa shape index (κ2) is 9.61. The van der Waals surface area contributed by atoms with Crippen LogP contribution in [0.25, 0.3) is 10.8 Å². The highest BCUT2D eigenvalue weighted by Gasteiger charge is 2.45. The Morgan fingerprint density at radius 1 is 1.12 bits per heavy atom. The standard InChI is InChI=1S/C25H27NO6S/c1-16-10-12-18(13-11-16)33(29,30)26-24(25(27)28)21-14-22(32-23(21)15-31-2)20-9-5-7-17-6-3-4-8-19(17)20/h3-13,21-24,26H,14-15H2,1-2H3,(H,27,28)/t21-,22?,23+,24?/m0/s1. The van der Waals surface area contributed by atoms with Crippen LogP contribution in [0.5, 0.6) is 0 Å². The number of hydrogen-bond acceptors (Lipinski definition) is 5. The molecule has 3 aromatic rings. The van der Waals surface area contributed by atoms with E-state index in [1.807, 2.05) is 49.4 Å². The van der Waals surface area contributed by atoms with Crippen LogP contribution in [0.2, 0.25) is 0 Å². The predicted molar refractivity (Wildman–Crippen MR) is 124 cm³/mol. The van der Waals surface area contributed by atoms with Crippen LogP contribution in [0, 0.1) is 12.8 Å². The lowest BCUT2D eigenvalue weighted by Gasteiger charge is -2.24. The first-order chi connectivity index (χ1) is 15.8. The van der Waals surface area contributed by atoms with Gasteiger partial charge in [0.25, 0.3) is 0 Å². The number of hydrogen-bond donors (Lipinski definition) is 2. The summed E-state index contributed by atoms with van der Waals surface area (Å²) in [7, 11) is -2.53. The van der Waals surface area contributed by atoms with Crippen molar-refractivity contribution in [2.75, 3.05) is 13.7 Å². The average molecular weight is 470 g/mol. The van der Waals surface area contributed by atoms with Gasteiger partial charge in [-0.1, -0.05) is 60.2 Å². The number of carboxylic acids is 1. The summed E-state index contributed by atoms with van der Waals surface area (Å²) >= 11 is 0. The third-order valence-electron chi connectivity index (χ3n) is 6.11. The smallest absolute Gasteiger partial charge is 0.322 e. The molecule has 1 fully saturated rings. The molecule has 1 aliphatic rings. The molecule has 174 valence electrons. The first-order valence-electron chi connectivity index (χ1n) is 10.7. The number of ether oxygens (including phenoxy) is 2. The van der Waals surface area contributed by atoms with E-state index >= 15 is 0 Å². The minimum absolute atomic E-state index is 0.0205. The van der Waals surface area contributed by atoms with Crippen molar-refractivity contribution in [1.29, 1.82) is 0 Å². The minimum Gasteiger partial charge on any atom is -0.480 e. The topological polar surface area (TPSA) is 102 Å².